The fraction of sp³-hybridized carbons (Fsp3) is 0.300. The predicted molar refractivity (Wildman–Crippen MR) is 101 cm³/mol. The van der Waals surface area contributed by atoms with E-state index in [2.05, 4.69) is 16.0 Å². The predicted octanol–water partition coefficient (Wildman–Crippen LogP) is 2.23. The fourth-order valence-corrected chi connectivity index (χ4v) is 2.50. The highest BCUT2D eigenvalue weighted by Gasteiger charge is 2.16. The lowest BCUT2D eigenvalue weighted by molar-refractivity contribution is -0.121. The summed E-state index contributed by atoms with van der Waals surface area (Å²) >= 11 is 0. The Kier molecular flexibility index (Phi) is 8.15. The molecule has 2 rings (SSSR count). The van der Waals surface area contributed by atoms with Gasteiger partial charge in [0.2, 0.25) is 5.91 Å². The van der Waals surface area contributed by atoms with Crippen LogP contribution < -0.4 is 16.0 Å². The number of amides is 3. The Morgan fingerprint density at radius 1 is 0.885 bits per heavy atom. The maximum absolute atomic E-state index is 12.3. The van der Waals surface area contributed by atoms with Crippen molar-refractivity contribution in [3.8, 4) is 0 Å². The van der Waals surface area contributed by atoms with Gasteiger partial charge in [-0.1, -0.05) is 60.7 Å². The lowest BCUT2D eigenvalue weighted by atomic mass is 9.99. The van der Waals surface area contributed by atoms with Gasteiger partial charge in [-0.15, -0.1) is 0 Å². The molecule has 0 aliphatic carbocycles. The zero-order valence-electron chi connectivity index (χ0n) is 14.9. The second-order valence-electron chi connectivity index (χ2n) is 5.75. The summed E-state index contributed by atoms with van der Waals surface area (Å²) in [6, 6.07) is 19.0. The Hall–Kier alpha value is -2.86. The molecule has 138 valence electrons. The Labute approximate surface area is 153 Å². The number of urea groups is 1. The fourth-order valence-electron chi connectivity index (χ4n) is 2.50. The molecule has 2 aromatic rings. The normalized spacial score (nSPS) is 10.4. The molecule has 2 aromatic carbocycles. The molecule has 0 saturated heterocycles. The standard InChI is InChI=1S/C20H25N3O3/c1-26-15-14-21-18(24)12-13-22-20(25)23-19(16-8-4-2-5-9-16)17-10-6-3-7-11-17/h2-11,19H,12-15H2,1H3,(H,21,24)(H2,22,23,25). The van der Waals surface area contributed by atoms with Crippen LogP contribution in [0.5, 0.6) is 0 Å². The minimum atomic E-state index is -0.313. The van der Waals surface area contributed by atoms with Crippen LogP contribution >= 0.6 is 0 Å². The molecular weight excluding hydrogens is 330 g/mol. The summed E-state index contributed by atoms with van der Waals surface area (Å²) < 4.78 is 4.87. The van der Waals surface area contributed by atoms with Crippen molar-refractivity contribution < 1.29 is 14.3 Å². The van der Waals surface area contributed by atoms with E-state index in [1.165, 1.54) is 0 Å². The van der Waals surface area contributed by atoms with E-state index >= 15 is 0 Å². The zero-order chi connectivity index (χ0) is 18.6. The first-order valence-electron chi connectivity index (χ1n) is 8.60. The van der Waals surface area contributed by atoms with Crippen LogP contribution in [0.2, 0.25) is 0 Å². The number of hydrogen-bond donors (Lipinski definition) is 3. The third-order valence-corrected chi connectivity index (χ3v) is 3.81. The SMILES string of the molecule is COCCNC(=O)CCNC(=O)NC(c1ccccc1)c1ccccc1. The summed E-state index contributed by atoms with van der Waals surface area (Å²) in [5.41, 5.74) is 1.98. The summed E-state index contributed by atoms with van der Waals surface area (Å²) in [7, 11) is 1.58. The van der Waals surface area contributed by atoms with Crippen LogP contribution in [0.1, 0.15) is 23.6 Å². The third kappa shape index (κ3) is 6.57. The van der Waals surface area contributed by atoms with Crippen LogP contribution in [0.25, 0.3) is 0 Å². The molecule has 0 atom stereocenters. The molecule has 0 unspecified atom stereocenters. The number of carbonyl (C=O) groups excluding carboxylic acids is 2. The first kappa shape index (κ1) is 19.5. The van der Waals surface area contributed by atoms with Gasteiger partial charge in [0.25, 0.3) is 0 Å². The molecule has 0 aliphatic heterocycles. The van der Waals surface area contributed by atoms with Crippen LogP contribution in [-0.4, -0.2) is 38.7 Å². The first-order valence-corrected chi connectivity index (χ1v) is 8.60. The molecule has 0 spiro atoms. The Bertz CT molecular complexity index is 638. The van der Waals surface area contributed by atoms with E-state index in [4.69, 9.17) is 4.74 Å². The lowest BCUT2D eigenvalue weighted by Gasteiger charge is -2.20. The summed E-state index contributed by atoms with van der Waals surface area (Å²) in [5.74, 6) is -0.120. The maximum atomic E-state index is 12.3. The van der Waals surface area contributed by atoms with Gasteiger partial charge >= 0.3 is 6.03 Å². The summed E-state index contributed by atoms with van der Waals surface area (Å²) in [4.78, 5) is 23.9. The van der Waals surface area contributed by atoms with Crippen LogP contribution in [0.4, 0.5) is 4.79 Å². The highest BCUT2D eigenvalue weighted by Crippen LogP contribution is 2.21. The van der Waals surface area contributed by atoms with Crippen molar-refractivity contribution in [3.63, 3.8) is 0 Å². The topological polar surface area (TPSA) is 79.5 Å². The van der Waals surface area contributed by atoms with Crippen molar-refractivity contribution in [2.45, 2.75) is 12.5 Å². The van der Waals surface area contributed by atoms with Crippen LogP contribution in [0.3, 0.4) is 0 Å². The van der Waals surface area contributed by atoms with Crippen molar-refractivity contribution in [1.29, 1.82) is 0 Å². The molecule has 0 fully saturated rings. The second-order valence-corrected chi connectivity index (χ2v) is 5.75. The van der Waals surface area contributed by atoms with Gasteiger partial charge in [0.05, 0.1) is 12.6 Å². The molecule has 0 bridgehead atoms. The van der Waals surface area contributed by atoms with E-state index < -0.39 is 0 Å². The molecule has 0 aliphatic rings. The second kappa shape index (κ2) is 10.9. The van der Waals surface area contributed by atoms with Crippen molar-refractivity contribution in [2.75, 3.05) is 26.8 Å². The molecule has 0 radical (unpaired) electrons. The Balaban J connectivity index is 1.88. The first-order chi connectivity index (χ1) is 12.7. The van der Waals surface area contributed by atoms with Crippen LogP contribution in [0, 0.1) is 0 Å². The zero-order valence-corrected chi connectivity index (χ0v) is 14.9. The molecule has 6 heteroatoms. The number of ether oxygens (including phenoxy) is 1. The summed E-state index contributed by atoms with van der Waals surface area (Å²) in [6.07, 6.45) is 0.221. The number of carbonyl (C=O) groups is 2. The summed E-state index contributed by atoms with van der Waals surface area (Å²) in [5, 5.41) is 8.42. The number of benzene rings is 2. The molecule has 0 heterocycles. The van der Waals surface area contributed by atoms with Gasteiger partial charge in [-0.2, -0.15) is 0 Å². The third-order valence-electron chi connectivity index (χ3n) is 3.81. The monoisotopic (exact) mass is 355 g/mol. The van der Waals surface area contributed by atoms with E-state index in [9.17, 15) is 9.59 Å². The smallest absolute Gasteiger partial charge is 0.315 e. The van der Waals surface area contributed by atoms with Gasteiger partial charge in [-0.05, 0) is 11.1 Å². The number of rotatable bonds is 9. The Morgan fingerprint density at radius 2 is 1.46 bits per heavy atom. The van der Waals surface area contributed by atoms with E-state index in [1.54, 1.807) is 7.11 Å². The van der Waals surface area contributed by atoms with Gasteiger partial charge in [0, 0.05) is 26.6 Å². The van der Waals surface area contributed by atoms with Gasteiger partial charge in [-0.25, -0.2) is 4.79 Å². The highest BCUT2D eigenvalue weighted by molar-refractivity contribution is 5.78. The molecule has 6 nitrogen and oxygen atoms in total. The molecule has 3 amide bonds. The highest BCUT2D eigenvalue weighted by atomic mass is 16.5. The van der Waals surface area contributed by atoms with Crippen LogP contribution in [-0.2, 0) is 9.53 Å². The van der Waals surface area contributed by atoms with Gasteiger partial charge < -0.3 is 20.7 Å². The average Bonchev–Trinajstić information content (AvgIpc) is 2.68. The molecule has 26 heavy (non-hydrogen) atoms. The van der Waals surface area contributed by atoms with E-state index in [0.717, 1.165) is 11.1 Å². The molecular formula is C20H25N3O3. The van der Waals surface area contributed by atoms with E-state index in [1.807, 2.05) is 60.7 Å². The minimum absolute atomic E-state index is 0.120. The number of nitrogens with one attached hydrogen (secondary N) is 3. The van der Waals surface area contributed by atoms with Crippen molar-refractivity contribution >= 4 is 11.9 Å². The summed E-state index contributed by atoms with van der Waals surface area (Å²) in [6.45, 7) is 1.20. The van der Waals surface area contributed by atoms with Crippen molar-refractivity contribution in [1.82, 2.24) is 16.0 Å². The minimum Gasteiger partial charge on any atom is -0.383 e. The molecule has 0 aromatic heterocycles. The van der Waals surface area contributed by atoms with E-state index in [0.29, 0.717) is 13.2 Å². The van der Waals surface area contributed by atoms with E-state index in [-0.39, 0.29) is 30.9 Å². The number of methoxy groups -OCH3 is 1. The van der Waals surface area contributed by atoms with Crippen molar-refractivity contribution in [2.24, 2.45) is 0 Å². The van der Waals surface area contributed by atoms with Gasteiger partial charge in [0.1, 0.15) is 0 Å². The van der Waals surface area contributed by atoms with Gasteiger partial charge in [0.15, 0.2) is 0 Å². The number of hydrogen-bond acceptors (Lipinski definition) is 3. The largest absolute Gasteiger partial charge is 0.383 e. The lowest BCUT2D eigenvalue weighted by Crippen LogP contribution is -2.40. The Morgan fingerprint density at radius 3 is 2.00 bits per heavy atom. The van der Waals surface area contributed by atoms with Crippen LogP contribution in [0.15, 0.2) is 60.7 Å². The average molecular weight is 355 g/mol. The van der Waals surface area contributed by atoms with Gasteiger partial charge in [-0.3, -0.25) is 4.79 Å². The van der Waals surface area contributed by atoms with Crippen molar-refractivity contribution in [3.05, 3.63) is 71.8 Å². The molecule has 0 saturated carbocycles. The molecule has 3 N–H and O–H groups in total. The quantitative estimate of drug-likeness (QED) is 0.604. The maximum Gasteiger partial charge on any atom is 0.315 e.